The van der Waals surface area contributed by atoms with Gasteiger partial charge in [0.2, 0.25) is 5.91 Å². The molecule has 2 fully saturated rings. The molecule has 0 aromatic heterocycles. The van der Waals surface area contributed by atoms with E-state index in [9.17, 15) is 29.5 Å². The molecule has 0 bridgehead atoms. The molecular weight excluding hydrogens is 559 g/mol. The summed E-state index contributed by atoms with van der Waals surface area (Å²) >= 11 is 0. The van der Waals surface area contributed by atoms with Crippen LogP contribution in [0.4, 0.5) is 0 Å². The molecule has 2 aliphatic heterocycles. The number of nitrogens with one attached hydrogen (secondary N) is 1. The molecule has 2 aromatic rings. The van der Waals surface area contributed by atoms with Crippen molar-refractivity contribution >= 4 is 19.6 Å². The van der Waals surface area contributed by atoms with Gasteiger partial charge in [-0.3, -0.25) is 14.1 Å². The molecule has 0 aliphatic carbocycles. The average Bonchev–Trinajstić information content (AvgIpc) is 3.47. The van der Waals surface area contributed by atoms with Gasteiger partial charge in [-0.15, -0.1) is 0 Å². The normalized spacial score (nSPS) is 27.9. The molecule has 4 rings (SSSR count). The molecule has 2 unspecified atom stereocenters. The van der Waals surface area contributed by atoms with Crippen molar-refractivity contribution < 1.29 is 52.7 Å². The Labute approximate surface area is 237 Å². The molecule has 13 nitrogen and oxygen atoms in total. The summed E-state index contributed by atoms with van der Waals surface area (Å²) in [5.74, 6) is -0.617. The number of amides is 1. The van der Waals surface area contributed by atoms with Crippen molar-refractivity contribution in [1.82, 2.24) is 9.99 Å². The van der Waals surface area contributed by atoms with Gasteiger partial charge in [-0.05, 0) is 42.7 Å². The first-order valence-electron chi connectivity index (χ1n) is 13.1. The minimum Gasteiger partial charge on any atom is -0.497 e. The Balaban J connectivity index is 1.65. The molecule has 224 valence electrons. The van der Waals surface area contributed by atoms with E-state index in [4.69, 9.17) is 23.3 Å². The Morgan fingerprint density at radius 1 is 1.10 bits per heavy atom. The molecule has 0 radical (unpaired) electrons. The van der Waals surface area contributed by atoms with E-state index >= 15 is 0 Å². The summed E-state index contributed by atoms with van der Waals surface area (Å²) in [7, 11) is -3.05. The number of hydrogen-bond donors (Lipinski definition) is 4. The third-order valence-electron chi connectivity index (χ3n) is 6.81. The smallest absolute Gasteiger partial charge is 0.462 e. The number of esters is 1. The van der Waals surface area contributed by atoms with Gasteiger partial charge in [-0.2, -0.15) is 4.67 Å². The summed E-state index contributed by atoms with van der Waals surface area (Å²) < 4.78 is 43.8. The van der Waals surface area contributed by atoms with E-state index in [-0.39, 0.29) is 18.9 Å². The van der Waals surface area contributed by atoms with E-state index in [2.05, 4.69) is 5.32 Å². The highest BCUT2D eigenvalue weighted by Gasteiger charge is 2.54. The van der Waals surface area contributed by atoms with Crippen LogP contribution in [-0.2, 0) is 34.8 Å². The lowest BCUT2D eigenvalue weighted by atomic mass is 9.97. The van der Waals surface area contributed by atoms with Gasteiger partial charge in [0.25, 0.3) is 0 Å². The first-order valence-corrected chi connectivity index (χ1v) is 14.6. The van der Waals surface area contributed by atoms with Gasteiger partial charge >= 0.3 is 13.7 Å². The van der Waals surface area contributed by atoms with Crippen molar-refractivity contribution in [2.24, 2.45) is 0 Å². The highest BCUT2D eigenvalue weighted by molar-refractivity contribution is 7.51. The number of methoxy groups -OCH3 is 1. The summed E-state index contributed by atoms with van der Waals surface area (Å²) in [4.78, 5) is 25.1. The second kappa shape index (κ2) is 13.8. The Morgan fingerprint density at radius 3 is 2.41 bits per heavy atom. The number of aliphatic hydroxyl groups is 3. The van der Waals surface area contributed by atoms with Gasteiger partial charge in [-0.1, -0.05) is 30.3 Å². The minimum absolute atomic E-state index is 0.00215. The molecule has 2 saturated heterocycles. The van der Waals surface area contributed by atoms with Gasteiger partial charge < -0.3 is 39.4 Å². The number of rotatable bonds is 11. The predicted octanol–water partition coefficient (Wildman–Crippen LogP) is 1.35. The third-order valence-corrected chi connectivity index (χ3v) is 8.87. The molecule has 7 atom stereocenters. The lowest BCUT2D eigenvalue weighted by Crippen LogP contribution is -2.64. The molecule has 0 saturated carbocycles. The fourth-order valence-electron chi connectivity index (χ4n) is 4.76. The van der Waals surface area contributed by atoms with Crippen LogP contribution in [-0.4, -0.2) is 88.8 Å². The minimum atomic E-state index is -4.54. The first-order chi connectivity index (χ1) is 19.6. The molecule has 4 N–H and O–H groups in total. The van der Waals surface area contributed by atoms with E-state index in [1.54, 1.807) is 24.3 Å². The van der Waals surface area contributed by atoms with E-state index in [0.717, 1.165) is 5.56 Å². The predicted molar refractivity (Wildman–Crippen MR) is 144 cm³/mol. The number of carbonyl (C=O) groups is 2. The maximum atomic E-state index is 14.7. The van der Waals surface area contributed by atoms with Crippen molar-refractivity contribution in [2.45, 2.75) is 63.1 Å². The van der Waals surface area contributed by atoms with Gasteiger partial charge in [-0.25, -0.2) is 4.57 Å². The van der Waals surface area contributed by atoms with Crippen LogP contribution in [0, 0.1) is 0 Å². The van der Waals surface area contributed by atoms with Gasteiger partial charge in [0.1, 0.15) is 48.5 Å². The Hall–Kier alpha value is -3.03. The zero-order chi connectivity index (χ0) is 29.6. The maximum Gasteiger partial charge on any atom is 0.462 e. The zero-order valence-corrected chi connectivity index (χ0v) is 23.6. The SMILES string of the molecule is COc1ccc(OP(=O)(O[C@H]2[C@H](O)[C@@H](CO)O[C@H](O)[C@@H]2NC(C)=O)N2CCCC2C(=O)OCc2ccccc2)cc1. The van der Waals surface area contributed by atoms with E-state index in [1.165, 1.54) is 30.8 Å². The number of ether oxygens (including phenoxy) is 3. The van der Waals surface area contributed by atoms with Crippen LogP contribution in [0.1, 0.15) is 25.3 Å². The van der Waals surface area contributed by atoms with Crippen LogP contribution in [0.3, 0.4) is 0 Å². The van der Waals surface area contributed by atoms with Crippen molar-refractivity contribution in [2.75, 3.05) is 20.3 Å². The van der Waals surface area contributed by atoms with Crippen LogP contribution in [0.2, 0.25) is 0 Å². The molecule has 1 amide bonds. The van der Waals surface area contributed by atoms with Crippen molar-refractivity contribution in [1.29, 1.82) is 0 Å². The number of benzene rings is 2. The summed E-state index contributed by atoms with van der Waals surface area (Å²) in [5.41, 5.74) is 0.770. The maximum absolute atomic E-state index is 14.7. The van der Waals surface area contributed by atoms with Gasteiger partial charge in [0.15, 0.2) is 6.29 Å². The number of carbonyl (C=O) groups excluding carboxylic acids is 2. The fraction of sp³-hybridized carbons (Fsp3) is 0.481. The quantitative estimate of drug-likeness (QED) is 0.218. The van der Waals surface area contributed by atoms with Crippen molar-refractivity contribution in [3.8, 4) is 11.5 Å². The molecule has 2 aromatic carbocycles. The number of nitrogens with zero attached hydrogens (tertiary/aromatic N) is 1. The fourth-order valence-corrected chi connectivity index (χ4v) is 6.92. The summed E-state index contributed by atoms with van der Waals surface area (Å²) in [6, 6.07) is 12.8. The number of hydrogen-bond acceptors (Lipinski definition) is 11. The first kappa shape index (κ1) is 30.9. The monoisotopic (exact) mass is 594 g/mol. The highest BCUT2D eigenvalue weighted by Crippen LogP contribution is 2.57. The molecule has 41 heavy (non-hydrogen) atoms. The second-order valence-electron chi connectivity index (χ2n) is 9.68. The second-order valence-corrected chi connectivity index (χ2v) is 11.5. The topological polar surface area (TPSA) is 173 Å². The van der Waals surface area contributed by atoms with E-state index < -0.39 is 62.9 Å². The molecule has 2 aliphatic rings. The van der Waals surface area contributed by atoms with Crippen LogP contribution < -0.4 is 14.6 Å². The van der Waals surface area contributed by atoms with Crippen LogP contribution >= 0.6 is 7.75 Å². The van der Waals surface area contributed by atoms with Gasteiger partial charge in [0, 0.05) is 13.5 Å². The molecule has 14 heteroatoms. The summed E-state index contributed by atoms with van der Waals surface area (Å²) in [6.07, 6.45) is -5.49. The van der Waals surface area contributed by atoms with Crippen LogP contribution in [0.5, 0.6) is 11.5 Å². The van der Waals surface area contributed by atoms with Crippen molar-refractivity contribution in [3.63, 3.8) is 0 Å². The largest absolute Gasteiger partial charge is 0.497 e. The third kappa shape index (κ3) is 7.44. The van der Waals surface area contributed by atoms with Gasteiger partial charge in [0.05, 0.1) is 13.7 Å². The molecular formula is C27H35N2O11P. The standard InChI is InChI=1S/C27H35N2O11P/c1-17(31)28-23-25(24(32)22(15-30)38-27(23)34)40-41(35,39-20-12-10-19(36-2)11-13-20)29-14-6-9-21(29)26(33)37-16-18-7-4-3-5-8-18/h3-5,7-8,10-13,21-25,27,30,32,34H,6,9,14-16H2,1-2H3,(H,28,31)/t21?,22-,23-,24-,25-,27+,41?/m1/s1. The van der Waals surface area contributed by atoms with Crippen LogP contribution in [0.15, 0.2) is 54.6 Å². The average molecular weight is 595 g/mol. The van der Waals surface area contributed by atoms with Crippen molar-refractivity contribution in [3.05, 3.63) is 60.2 Å². The Kier molecular flexibility index (Phi) is 10.4. The summed E-state index contributed by atoms with van der Waals surface area (Å²) in [6.45, 7) is 0.602. The highest BCUT2D eigenvalue weighted by atomic mass is 31.2. The number of aliphatic hydroxyl groups excluding tert-OH is 3. The summed E-state index contributed by atoms with van der Waals surface area (Å²) in [5, 5.41) is 33.7. The molecule has 2 heterocycles. The lowest BCUT2D eigenvalue weighted by Gasteiger charge is -2.44. The lowest BCUT2D eigenvalue weighted by molar-refractivity contribution is -0.250. The molecule has 0 spiro atoms. The Bertz CT molecular complexity index is 1220. The van der Waals surface area contributed by atoms with Crippen LogP contribution in [0.25, 0.3) is 0 Å². The van der Waals surface area contributed by atoms with E-state index in [1.807, 2.05) is 18.2 Å². The Morgan fingerprint density at radius 2 is 1.78 bits per heavy atom. The zero-order valence-electron chi connectivity index (χ0n) is 22.7. The van der Waals surface area contributed by atoms with E-state index in [0.29, 0.717) is 18.6 Å².